The first-order valence-corrected chi connectivity index (χ1v) is 5.86. The van der Waals surface area contributed by atoms with E-state index in [4.69, 9.17) is 5.73 Å². The number of aliphatic hydroxyl groups excluding tert-OH is 1. The van der Waals surface area contributed by atoms with Gasteiger partial charge in [-0.15, -0.1) is 11.3 Å². The maximum Gasteiger partial charge on any atom is 0.0480 e. The summed E-state index contributed by atoms with van der Waals surface area (Å²) in [4.78, 5) is 1.21. The second kappa shape index (κ2) is 4.91. The van der Waals surface area contributed by atoms with Gasteiger partial charge in [0.2, 0.25) is 0 Å². The first kappa shape index (κ1) is 11.7. The highest BCUT2D eigenvalue weighted by molar-refractivity contribution is 7.10. The third kappa shape index (κ3) is 2.35. The van der Waals surface area contributed by atoms with Crippen LogP contribution in [0, 0.1) is 18.8 Å². The number of aliphatic hydroxyl groups is 1. The summed E-state index contributed by atoms with van der Waals surface area (Å²) in [5, 5.41) is 11.3. The quantitative estimate of drug-likeness (QED) is 0.806. The molecule has 0 aromatic carbocycles. The van der Waals surface area contributed by atoms with Gasteiger partial charge in [-0.25, -0.2) is 0 Å². The summed E-state index contributed by atoms with van der Waals surface area (Å²) in [6, 6.07) is 2.05. The van der Waals surface area contributed by atoms with Crippen LogP contribution in [-0.2, 0) is 0 Å². The SMILES string of the molecule is Cc1ccsc1C(N)C(CO)C(C)C. The lowest BCUT2D eigenvalue weighted by molar-refractivity contribution is 0.167. The smallest absolute Gasteiger partial charge is 0.0480 e. The van der Waals surface area contributed by atoms with Crippen LogP contribution in [0.5, 0.6) is 0 Å². The van der Waals surface area contributed by atoms with Gasteiger partial charge in [0.25, 0.3) is 0 Å². The normalized spacial score (nSPS) is 15.9. The minimum Gasteiger partial charge on any atom is -0.396 e. The van der Waals surface area contributed by atoms with E-state index in [-0.39, 0.29) is 18.6 Å². The fourth-order valence-electron chi connectivity index (χ4n) is 1.66. The minimum atomic E-state index is -0.0278. The monoisotopic (exact) mass is 213 g/mol. The Morgan fingerprint density at radius 1 is 1.50 bits per heavy atom. The van der Waals surface area contributed by atoms with Crippen molar-refractivity contribution in [2.45, 2.75) is 26.8 Å². The average Bonchev–Trinajstić information content (AvgIpc) is 2.51. The Bertz CT molecular complexity index is 283. The topological polar surface area (TPSA) is 46.2 Å². The van der Waals surface area contributed by atoms with Crippen LogP contribution < -0.4 is 5.73 Å². The van der Waals surface area contributed by atoms with E-state index in [2.05, 4.69) is 32.2 Å². The van der Waals surface area contributed by atoms with E-state index < -0.39 is 0 Å². The molecule has 0 fully saturated rings. The third-order valence-electron chi connectivity index (χ3n) is 2.73. The number of hydrogen-bond donors (Lipinski definition) is 2. The van der Waals surface area contributed by atoms with Crippen molar-refractivity contribution in [2.75, 3.05) is 6.61 Å². The molecular weight excluding hydrogens is 194 g/mol. The molecular formula is C11H19NOS. The predicted octanol–water partition coefficient (Wildman–Crippen LogP) is 2.32. The van der Waals surface area contributed by atoms with Crippen molar-refractivity contribution in [3.05, 3.63) is 21.9 Å². The van der Waals surface area contributed by atoms with Crippen LogP contribution >= 0.6 is 11.3 Å². The van der Waals surface area contributed by atoms with E-state index >= 15 is 0 Å². The highest BCUT2D eigenvalue weighted by Crippen LogP contribution is 2.31. The Morgan fingerprint density at radius 3 is 2.50 bits per heavy atom. The second-order valence-corrected chi connectivity index (χ2v) is 5.03. The predicted molar refractivity (Wildman–Crippen MR) is 61.4 cm³/mol. The minimum absolute atomic E-state index is 0.0278. The summed E-state index contributed by atoms with van der Waals surface area (Å²) in [6.45, 7) is 6.43. The zero-order valence-electron chi connectivity index (χ0n) is 9.03. The lowest BCUT2D eigenvalue weighted by Crippen LogP contribution is -2.28. The molecule has 1 rings (SSSR count). The zero-order valence-corrected chi connectivity index (χ0v) is 9.84. The van der Waals surface area contributed by atoms with Crippen LogP contribution in [0.4, 0.5) is 0 Å². The lowest BCUT2D eigenvalue weighted by atomic mass is 9.88. The van der Waals surface area contributed by atoms with E-state index in [0.29, 0.717) is 5.92 Å². The Balaban J connectivity index is 2.83. The molecule has 14 heavy (non-hydrogen) atoms. The van der Waals surface area contributed by atoms with Crippen molar-refractivity contribution < 1.29 is 5.11 Å². The van der Waals surface area contributed by atoms with Gasteiger partial charge in [0.15, 0.2) is 0 Å². The first-order chi connectivity index (χ1) is 6.57. The van der Waals surface area contributed by atoms with E-state index in [1.54, 1.807) is 11.3 Å². The van der Waals surface area contributed by atoms with Gasteiger partial charge in [-0.1, -0.05) is 13.8 Å². The van der Waals surface area contributed by atoms with Crippen LogP contribution in [0.25, 0.3) is 0 Å². The summed E-state index contributed by atoms with van der Waals surface area (Å²) in [5.74, 6) is 0.573. The van der Waals surface area contributed by atoms with Crippen LogP contribution in [0.3, 0.4) is 0 Å². The third-order valence-corrected chi connectivity index (χ3v) is 3.85. The molecule has 3 N–H and O–H groups in total. The van der Waals surface area contributed by atoms with E-state index in [0.717, 1.165) is 0 Å². The molecule has 0 aliphatic carbocycles. The van der Waals surface area contributed by atoms with Crippen molar-refractivity contribution in [2.24, 2.45) is 17.6 Å². The zero-order chi connectivity index (χ0) is 10.7. The maximum absolute atomic E-state index is 9.28. The van der Waals surface area contributed by atoms with Gasteiger partial charge >= 0.3 is 0 Å². The van der Waals surface area contributed by atoms with E-state index in [1.807, 2.05) is 0 Å². The summed E-state index contributed by atoms with van der Waals surface area (Å²) in [5.41, 5.74) is 7.38. The molecule has 1 aromatic heterocycles. The molecule has 0 saturated heterocycles. The molecule has 0 aliphatic rings. The molecule has 2 nitrogen and oxygen atoms in total. The van der Waals surface area contributed by atoms with E-state index in [9.17, 15) is 5.11 Å². The van der Waals surface area contributed by atoms with Gasteiger partial charge in [-0.3, -0.25) is 0 Å². The molecule has 2 atom stereocenters. The summed E-state index contributed by atoms with van der Waals surface area (Å²) >= 11 is 1.68. The fourth-order valence-corrected chi connectivity index (χ4v) is 2.66. The Hall–Kier alpha value is -0.380. The molecule has 1 heterocycles. The Labute approximate surface area is 89.8 Å². The largest absolute Gasteiger partial charge is 0.396 e. The molecule has 0 saturated carbocycles. The summed E-state index contributed by atoms with van der Waals surface area (Å²) < 4.78 is 0. The van der Waals surface area contributed by atoms with Crippen LogP contribution in [-0.4, -0.2) is 11.7 Å². The van der Waals surface area contributed by atoms with Crippen LogP contribution in [0.1, 0.15) is 30.3 Å². The molecule has 0 spiro atoms. The van der Waals surface area contributed by atoms with Crippen molar-refractivity contribution in [3.8, 4) is 0 Å². The van der Waals surface area contributed by atoms with Gasteiger partial charge in [0.05, 0.1) is 0 Å². The number of rotatable bonds is 4. The molecule has 0 aliphatic heterocycles. The molecule has 0 amide bonds. The second-order valence-electron chi connectivity index (χ2n) is 4.08. The molecule has 0 bridgehead atoms. The molecule has 3 heteroatoms. The highest BCUT2D eigenvalue weighted by atomic mass is 32.1. The van der Waals surface area contributed by atoms with Crippen molar-refractivity contribution in [3.63, 3.8) is 0 Å². The standard InChI is InChI=1S/C11H19NOS/c1-7(2)9(6-13)10(12)11-8(3)4-5-14-11/h4-5,7,9-10,13H,6,12H2,1-3H3. The summed E-state index contributed by atoms with van der Waals surface area (Å²) in [7, 11) is 0. The number of thiophene rings is 1. The van der Waals surface area contributed by atoms with Gasteiger partial charge in [0.1, 0.15) is 0 Å². The van der Waals surface area contributed by atoms with Crippen molar-refractivity contribution in [1.82, 2.24) is 0 Å². The summed E-state index contributed by atoms with van der Waals surface area (Å²) in [6.07, 6.45) is 0. The van der Waals surface area contributed by atoms with Gasteiger partial charge in [-0.05, 0) is 29.9 Å². The number of aryl methyl sites for hydroxylation is 1. The maximum atomic E-state index is 9.28. The van der Waals surface area contributed by atoms with Crippen LogP contribution in [0.15, 0.2) is 11.4 Å². The van der Waals surface area contributed by atoms with Gasteiger partial charge in [-0.2, -0.15) is 0 Å². The van der Waals surface area contributed by atoms with Crippen molar-refractivity contribution >= 4 is 11.3 Å². The molecule has 2 unspecified atom stereocenters. The number of nitrogens with two attached hydrogens (primary N) is 1. The fraction of sp³-hybridized carbons (Fsp3) is 0.636. The van der Waals surface area contributed by atoms with Gasteiger partial charge in [0, 0.05) is 23.4 Å². The highest BCUT2D eigenvalue weighted by Gasteiger charge is 2.23. The average molecular weight is 213 g/mol. The Morgan fingerprint density at radius 2 is 2.14 bits per heavy atom. The van der Waals surface area contributed by atoms with Gasteiger partial charge < -0.3 is 10.8 Å². The molecule has 80 valence electrons. The molecule has 0 radical (unpaired) electrons. The number of hydrogen-bond acceptors (Lipinski definition) is 3. The van der Waals surface area contributed by atoms with Crippen molar-refractivity contribution in [1.29, 1.82) is 0 Å². The van der Waals surface area contributed by atoms with E-state index in [1.165, 1.54) is 10.4 Å². The lowest BCUT2D eigenvalue weighted by Gasteiger charge is -2.25. The first-order valence-electron chi connectivity index (χ1n) is 4.98. The molecule has 1 aromatic rings. The Kier molecular flexibility index (Phi) is 4.11. The van der Waals surface area contributed by atoms with Crippen LogP contribution in [0.2, 0.25) is 0 Å².